The van der Waals surface area contributed by atoms with Crippen molar-refractivity contribution >= 4 is 35.0 Å². The van der Waals surface area contributed by atoms with Crippen LogP contribution in [0.25, 0.3) is 0 Å². The second-order valence-corrected chi connectivity index (χ2v) is 4.49. The molecule has 0 bridgehead atoms. The first-order chi connectivity index (χ1) is 6.27. The van der Waals surface area contributed by atoms with Gasteiger partial charge in [0.15, 0.2) is 0 Å². The number of hydrogen-bond acceptors (Lipinski definition) is 2. The van der Waals surface area contributed by atoms with Crippen molar-refractivity contribution in [3.8, 4) is 0 Å². The summed E-state index contributed by atoms with van der Waals surface area (Å²) in [5.74, 6) is 0. The minimum Gasteiger partial charge on any atom is -0.375 e. The highest BCUT2D eigenvalue weighted by Crippen LogP contribution is 2.33. The average Bonchev–Trinajstić information content (AvgIpc) is 2.62. The molecule has 0 saturated carbocycles. The molecule has 0 fully saturated rings. The lowest BCUT2D eigenvalue weighted by Crippen LogP contribution is -2.06. The molecule has 68 valence electrons. The summed E-state index contributed by atoms with van der Waals surface area (Å²) in [6, 6.07) is 5.69. The van der Waals surface area contributed by atoms with Crippen molar-refractivity contribution in [2.75, 3.05) is 0 Å². The van der Waals surface area contributed by atoms with Crippen molar-refractivity contribution < 1.29 is 0 Å². The lowest BCUT2D eigenvalue weighted by molar-refractivity contribution is 0.862. The van der Waals surface area contributed by atoms with Gasteiger partial charge in [-0.15, -0.1) is 11.8 Å². The summed E-state index contributed by atoms with van der Waals surface area (Å²) in [6.07, 6.45) is 1.93. The van der Waals surface area contributed by atoms with Crippen LogP contribution in [0.15, 0.2) is 29.8 Å². The van der Waals surface area contributed by atoms with E-state index in [1.807, 2.05) is 29.8 Å². The largest absolute Gasteiger partial charge is 0.375 e. The molecule has 0 amide bonds. The molecule has 1 aromatic carbocycles. The van der Waals surface area contributed by atoms with Crippen molar-refractivity contribution in [3.63, 3.8) is 0 Å². The molecule has 1 heterocycles. The number of halogens is 2. The maximum atomic E-state index is 5.90. The molecule has 0 aliphatic carbocycles. The summed E-state index contributed by atoms with van der Waals surface area (Å²) in [7, 11) is 0. The van der Waals surface area contributed by atoms with Crippen LogP contribution in [-0.2, 0) is 0 Å². The zero-order valence-electron chi connectivity index (χ0n) is 6.63. The van der Waals surface area contributed by atoms with Gasteiger partial charge in [0, 0.05) is 6.20 Å². The van der Waals surface area contributed by atoms with Gasteiger partial charge in [-0.25, -0.2) is 0 Å². The highest BCUT2D eigenvalue weighted by Gasteiger charge is 2.13. The van der Waals surface area contributed by atoms with Gasteiger partial charge < -0.3 is 5.32 Å². The molecule has 1 aliphatic rings. The molecule has 1 N–H and O–H groups in total. The van der Waals surface area contributed by atoms with Crippen LogP contribution < -0.4 is 5.32 Å². The molecule has 1 nitrogen and oxygen atoms in total. The van der Waals surface area contributed by atoms with E-state index in [9.17, 15) is 0 Å². The monoisotopic (exact) mass is 231 g/mol. The highest BCUT2D eigenvalue weighted by atomic mass is 35.5. The Labute approximate surface area is 91.1 Å². The van der Waals surface area contributed by atoms with E-state index in [4.69, 9.17) is 23.2 Å². The van der Waals surface area contributed by atoms with E-state index < -0.39 is 0 Å². The predicted molar refractivity (Wildman–Crippen MR) is 59.1 cm³/mol. The molecule has 1 atom stereocenters. The summed E-state index contributed by atoms with van der Waals surface area (Å²) in [5.41, 5.74) is 1.14. The van der Waals surface area contributed by atoms with Crippen LogP contribution in [0.3, 0.4) is 0 Å². The molecule has 0 radical (unpaired) electrons. The molecule has 1 aliphatic heterocycles. The van der Waals surface area contributed by atoms with Gasteiger partial charge in [-0.3, -0.25) is 0 Å². The maximum absolute atomic E-state index is 5.90. The first kappa shape index (κ1) is 9.25. The first-order valence-electron chi connectivity index (χ1n) is 3.79. The molecular weight excluding hydrogens is 225 g/mol. The fraction of sp³-hybridized carbons (Fsp3) is 0.111. The third-order valence-electron chi connectivity index (χ3n) is 1.78. The molecule has 1 aromatic rings. The van der Waals surface area contributed by atoms with Gasteiger partial charge in [-0.1, -0.05) is 29.3 Å². The van der Waals surface area contributed by atoms with E-state index in [-0.39, 0.29) is 5.37 Å². The van der Waals surface area contributed by atoms with Crippen LogP contribution in [0.2, 0.25) is 10.0 Å². The van der Waals surface area contributed by atoms with Crippen LogP contribution in [0.5, 0.6) is 0 Å². The number of rotatable bonds is 1. The Morgan fingerprint density at radius 2 is 2.08 bits per heavy atom. The minimum absolute atomic E-state index is 0.273. The predicted octanol–water partition coefficient (Wildman–Crippen LogP) is 3.80. The smallest absolute Gasteiger partial charge is 0.102 e. The normalized spacial score (nSPS) is 20.3. The van der Waals surface area contributed by atoms with E-state index in [1.54, 1.807) is 11.8 Å². The summed E-state index contributed by atoms with van der Waals surface area (Å²) in [6.45, 7) is 0. The molecule has 13 heavy (non-hydrogen) atoms. The van der Waals surface area contributed by atoms with Crippen LogP contribution in [-0.4, -0.2) is 0 Å². The van der Waals surface area contributed by atoms with Crippen LogP contribution in [0.1, 0.15) is 10.9 Å². The third kappa shape index (κ3) is 1.96. The number of thioether (sulfide) groups is 1. The van der Waals surface area contributed by atoms with Crippen molar-refractivity contribution in [1.29, 1.82) is 0 Å². The molecule has 0 aromatic heterocycles. The van der Waals surface area contributed by atoms with Crippen molar-refractivity contribution in [1.82, 2.24) is 5.32 Å². The van der Waals surface area contributed by atoms with Gasteiger partial charge in [0.1, 0.15) is 5.37 Å². The Bertz CT molecular complexity index is 343. The van der Waals surface area contributed by atoms with E-state index >= 15 is 0 Å². The van der Waals surface area contributed by atoms with E-state index in [0.717, 1.165) is 5.56 Å². The fourth-order valence-corrected chi connectivity index (χ4v) is 2.22. The lowest BCUT2D eigenvalue weighted by atomic mass is 10.2. The summed E-state index contributed by atoms with van der Waals surface area (Å²) < 4.78 is 0. The zero-order valence-corrected chi connectivity index (χ0v) is 8.96. The Morgan fingerprint density at radius 1 is 1.23 bits per heavy atom. The second kappa shape index (κ2) is 3.82. The standard InChI is InChI=1S/C9H7Cl2NS/c10-7-2-1-6(5-8(7)11)9-12-3-4-13-9/h1-5,9,12H. The SMILES string of the molecule is Clc1ccc(C2NC=CS2)cc1Cl. The Hall–Kier alpha value is -0.310. The molecule has 1 unspecified atom stereocenters. The molecular formula is C9H7Cl2NS. The quantitative estimate of drug-likeness (QED) is 0.790. The van der Waals surface area contributed by atoms with Crippen LogP contribution in [0.4, 0.5) is 0 Å². The number of benzene rings is 1. The summed E-state index contributed by atoms with van der Waals surface area (Å²) in [5, 5.41) is 6.70. The second-order valence-electron chi connectivity index (χ2n) is 2.66. The van der Waals surface area contributed by atoms with Crippen molar-refractivity contribution in [2.45, 2.75) is 5.37 Å². The topological polar surface area (TPSA) is 12.0 Å². The van der Waals surface area contributed by atoms with Gasteiger partial charge in [0.05, 0.1) is 10.0 Å². The fourth-order valence-electron chi connectivity index (χ4n) is 1.13. The third-order valence-corrected chi connectivity index (χ3v) is 3.49. The number of nitrogens with one attached hydrogen (secondary N) is 1. The zero-order chi connectivity index (χ0) is 9.26. The number of hydrogen-bond donors (Lipinski definition) is 1. The van der Waals surface area contributed by atoms with Crippen LogP contribution in [0, 0.1) is 0 Å². The Morgan fingerprint density at radius 3 is 2.69 bits per heavy atom. The first-order valence-corrected chi connectivity index (χ1v) is 5.49. The maximum Gasteiger partial charge on any atom is 0.102 e. The average molecular weight is 232 g/mol. The molecule has 2 rings (SSSR count). The molecule has 4 heteroatoms. The van der Waals surface area contributed by atoms with Crippen LogP contribution >= 0.6 is 35.0 Å². The Kier molecular flexibility index (Phi) is 2.72. The van der Waals surface area contributed by atoms with Crippen molar-refractivity contribution in [3.05, 3.63) is 45.4 Å². The summed E-state index contributed by atoms with van der Waals surface area (Å²) >= 11 is 13.4. The minimum atomic E-state index is 0.273. The van der Waals surface area contributed by atoms with E-state index in [2.05, 4.69) is 5.32 Å². The molecule has 0 spiro atoms. The van der Waals surface area contributed by atoms with Gasteiger partial charge >= 0.3 is 0 Å². The van der Waals surface area contributed by atoms with E-state index in [0.29, 0.717) is 10.0 Å². The summed E-state index contributed by atoms with van der Waals surface area (Å²) in [4.78, 5) is 0. The van der Waals surface area contributed by atoms with Gasteiger partial charge in [0.2, 0.25) is 0 Å². The van der Waals surface area contributed by atoms with Crippen molar-refractivity contribution in [2.24, 2.45) is 0 Å². The highest BCUT2D eigenvalue weighted by molar-refractivity contribution is 8.02. The lowest BCUT2D eigenvalue weighted by Gasteiger charge is -2.10. The molecule has 0 saturated heterocycles. The van der Waals surface area contributed by atoms with Gasteiger partial charge in [0.25, 0.3) is 0 Å². The van der Waals surface area contributed by atoms with Gasteiger partial charge in [-0.2, -0.15) is 0 Å². The van der Waals surface area contributed by atoms with Gasteiger partial charge in [-0.05, 0) is 23.1 Å². The Balaban J connectivity index is 2.26. The van der Waals surface area contributed by atoms with E-state index in [1.165, 1.54) is 0 Å².